The monoisotopic (exact) mass is 426 g/mol. The molecule has 2 aromatic carbocycles. The Morgan fingerprint density at radius 2 is 1.57 bits per heavy atom. The Kier molecular flexibility index (Phi) is 5.21. The predicted molar refractivity (Wildman–Crippen MR) is 112 cm³/mol. The van der Waals surface area contributed by atoms with E-state index in [1.807, 2.05) is 31.2 Å². The Morgan fingerprint density at radius 3 is 2.17 bits per heavy atom. The second-order valence-electron chi connectivity index (χ2n) is 7.33. The molecule has 1 saturated heterocycles. The first-order valence-corrected chi connectivity index (χ1v) is 11.1. The zero-order valence-corrected chi connectivity index (χ0v) is 17.6. The van der Waals surface area contributed by atoms with Crippen LogP contribution in [0.4, 0.5) is 0 Å². The smallest absolute Gasteiger partial charge is 0.289 e. The van der Waals surface area contributed by atoms with E-state index in [-0.39, 0.29) is 42.8 Å². The molecule has 4 rings (SSSR count). The average Bonchev–Trinajstić information content (AvgIpc) is 3.10. The minimum Gasteiger partial charge on any atom is -0.451 e. The van der Waals surface area contributed by atoms with Crippen molar-refractivity contribution in [3.8, 4) is 0 Å². The summed E-state index contributed by atoms with van der Waals surface area (Å²) < 4.78 is 32.9. The van der Waals surface area contributed by atoms with Crippen LogP contribution >= 0.6 is 0 Å². The van der Waals surface area contributed by atoms with Gasteiger partial charge in [-0.1, -0.05) is 30.3 Å². The Balaban J connectivity index is 1.48. The molecule has 1 aromatic heterocycles. The maximum atomic E-state index is 13.0. The minimum absolute atomic E-state index is 0.119. The van der Waals surface area contributed by atoms with Crippen molar-refractivity contribution in [1.29, 1.82) is 0 Å². The fraction of sp³-hybridized carbons (Fsp3) is 0.273. The van der Waals surface area contributed by atoms with E-state index in [1.165, 1.54) is 35.5 Å². The highest BCUT2D eigenvalue weighted by Crippen LogP contribution is 2.27. The molecule has 0 saturated carbocycles. The lowest BCUT2D eigenvalue weighted by atomic mass is 10.1. The topological polar surface area (TPSA) is 87.9 Å². The first kappa shape index (κ1) is 20.3. The number of sulfonamides is 1. The normalized spacial score (nSPS) is 15.5. The molecule has 0 radical (unpaired) electrons. The Hall–Kier alpha value is -2.97. The first-order chi connectivity index (χ1) is 14.3. The van der Waals surface area contributed by atoms with E-state index >= 15 is 0 Å². The van der Waals surface area contributed by atoms with Gasteiger partial charge in [0.2, 0.25) is 10.0 Å². The predicted octanol–water partition coefficient (Wildman–Crippen LogP) is 3.09. The molecule has 0 unspecified atom stereocenters. The van der Waals surface area contributed by atoms with Crippen LogP contribution < -0.4 is 0 Å². The summed E-state index contributed by atoms with van der Waals surface area (Å²) in [6.07, 6.45) is 0. The number of benzene rings is 2. The largest absolute Gasteiger partial charge is 0.451 e. The number of aryl methyl sites for hydroxylation is 1. The summed E-state index contributed by atoms with van der Waals surface area (Å²) in [5, 5.41) is 0.899. The molecule has 0 spiro atoms. The molecular weight excluding hydrogens is 404 g/mol. The van der Waals surface area contributed by atoms with Gasteiger partial charge in [-0.05, 0) is 32.0 Å². The van der Waals surface area contributed by atoms with Crippen LogP contribution in [0.2, 0.25) is 0 Å². The zero-order chi connectivity index (χ0) is 21.5. The number of amides is 1. The molecule has 7 nitrogen and oxygen atoms in total. The van der Waals surface area contributed by atoms with Gasteiger partial charge in [0.15, 0.2) is 11.5 Å². The van der Waals surface area contributed by atoms with E-state index in [1.54, 1.807) is 4.90 Å². The van der Waals surface area contributed by atoms with E-state index in [0.29, 0.717) is 16.9 Å². The van der Waals surface area contributed by atoms with E-state index in [0.717, 1.165) is 10.9 Å². The van der Waals surface area contributed by atoms with Crippen molar-refractivity contribution >= 4 is 32.7 Å². The molecule has 8 heteroatoms. The molecular formula is C22H22N2O5S. The zero-order valence-electron chi connectivity index (χ0n) is 16.8. The van der Waals surface area contributed by atoms with Crippen molar-refractivity contribution in [1.82, 2.24) is 9.21 Å². The SMILES string of the molecule is CC(=O)c1ccc(S(=O)(=O)N2CCN(C(=O)c3oc4ccccc4c3C)CC2)cc1. The lowest BCUT2D eigenvalue weighted by Gasteiger charge is -2.33. The van der Waals surface area contributed by atoms with E-state index in [9.17, 15) is 18.0 Å². The van der Waals surface area contributed by atoms with Crippen LogP contribution in [-0.4, -0.2) is 55.5 Å². The van der Waals surface area contributed by atoms with Crippen molar-refractivity contribution in [3.63, 3.8) is 0 Å². The van der Waals surface area contributed by atoms with Crippen LogP contribution in [-0.2, 0) is 10.0 Å². The summed E-state index contributed by atoms with van der Waals surface area (Å²) in [6.45, 7) is 4.23. The molecule has 1 aliphatic heterocycles. The number of para-hydroxylation sites is 1. The lowest BCUT2D eigenvalue weighted by Crippen LogP contribution is -2.50. The molecule has 0 aliphatic carbocycles. The van der Waals surface area contributed by atoms with Crippen molar-refractivity contribution in [2.24, 2.45) is 0 Å². The van der Waals surface area contributed by atoms with Crippen LogP contribution in [0.25, 0.3) is 11.0 Å². The number of hydrogen-bond acceptors (Lipinski definition) is 5. The second kappa shape index (κ2) is 7.70. The fourth-order valence-corrected chi connectivity index (χ4v) is 5.09. The molecule has 30 heavy (non-hydrogen) atoms. The number of fused-ring (bicyclic) bond motifs is 1. The van der Waals surface area contributed by atoms with Gasteiger partial charge in [0.1, 0.15) is 5.58 Å². The average molecular weight is 426 g/mol. The molecule has 3 aromatic rings. The maximum Gasteiger partial charge on any atom is 0.289 e. The first-order valence-electron chi connectivity index (χ1n) is 9.67. The Labute approximate surface area is 174 Å². The molecule has 1 fully saturated rings. The molecule has 0 bridgehead atoms. The quantitative estimate of drug-likeness (QED) is 0.598. The molecule has 0 N–H and O–H groups in total. The van der Waals surface area contributed by atoms with E-state index < -0.39 is 10.0 Å². The van der Waals surface area contributed by atoms with Crippen LogP contribution in [0.1, 0.15) is 33.4 Å². The minimum atomic E-state index is -3.69. The number of Topliss-reactive ketones (excluding diaryl/α,β-unsaturated/α-hetero) is 1. The number of rotatable bonds is 4. The second-order valence-corrected chi connectivity index (χ2v) is 9.27. The van der Waals surface area contributed by atoms with E-state index in [4.69, 9.17) is 4.42 Å². The summed E-state index contributed by atoms with van der Waals surface area (Å²) in [7, 11) is -3.69. The van der Waals surface area contributed by atoms with Gasteiger partial charge in [0, 0.05) is 42.7 Å². The highest BCUT2D eigenvalue weighted by atomic mass is 32.2. The van der Waals surface area contributed by atoms with Crippen molar-refractivity contribution in [3.05, 3.63) is 65.4 Å². The summed E-state index contributed by atoms with van der Waals surface area (Å²) in [4.78, 5) is 26.1. The van der Waals surface area contributed by atoms with Crippen LogP contribution in [0.15, 0.2) is 57.8 Å². The van der Waals surface area contributed by atoms with Gasteiger partial charge in [-0.3, -0.25) is 9.59 Å². The lowest BCUT2D eigenvalue weighted by molar-refractivity contribution is 0.0667. The van der Waals surface area contributed by atoms with E-state index in [2.05, 4.69) is 0 Å². The molecule has 156 valence electrons. The number of ketones is 1. The highest BCUT2D eigenvalue weighted by Gasteiger charge is 2.32. The number of nitrogens with zero attached hydrogens (tertiary/aromatic N) is 2. The number of carbonyl (C=O) groups is 2. The van der Waals surface area contributed by atoms with Gasteiger partial charge in [0.05, 0.1) is 4.90 Å². The summed E-state index contributed by atoms with van der Waals surface area (Å²) >= 11 is 0. The Bertz CT molecular complexity index is 1220. The molecule has 1 aliphatic rings. The maximum absolute atomic E-state index is 13.0. The van der Waals surface area contributed by atoms with Crippen molar-refractivity contribution in [2.45, 2.75) is 18.7 Å². The Morgan fingerprint density at radius 1 is 0.933 bits per heavy atom. The van der Waals surface area contributed by atoms with Gasteiger partial charge in [-0.2, -0.15) is 4.31 Å². The fourth-order valence-electron chi connectivity index (χ4n) is 3.66. The molecule has 0 atom stereocenters. The van der Waals surface area contributed by atoms with Gasteiger partial charge < -0.3 is 9.32 Å². The van der Waals surface area contributed by atoms with Crippen LogP contribution in [0, 0.1) is 6.92 Å². The summed E-state index contributed by atoms with van der Waals surface area (Å²) in [5.74, 6) is -0.0501. The van der Waals surface area contributed by atoms with Gasteiger partial charge >= 0.3 is 0 Å². The summed E-state index contributed by atoms with van der Waals surface area (Å²) in [5.41, 5.74) is 1.91. The van der Waals surface area contributed by atoms with Gasteiger partial charge in [0.25, 0.3) is 5.91 Å². The molecule has 2 heterocycles. The standard InChI is InChI=1S/C22H22N2O5S/c1-15-19-5-3-4-6-20(19)29-21(15)22(26)23-11-13-24(14-12-23)30(27,28)18-9-7-17(8-10-18)16(2)25/h3-10H,11-14H2,1-2H3. The van der Waals surface area contributed by atoms with Crippen molar-refractivity contribution < 1.29 is 22.4 Å². The van der Waals surface area contributed by atoms with Gasteiger partial charge in [-0.15, -0.1) is 0 Å². The van der Waals surface area contributed by atoms with Crippen LogP contribution in [0.3, 0.4) is 0 Å². The number of hydrogen-bond donors (Lipinski definition) is 0. The highest BCUT2D eigenvalue weighted by molar-refractivity contribution is 7.89. The van der Waals surface area contributed by atoms with Crippen molar-refractivity contribution in [2.75, 3.05) is 26.2 Å². The number of carbonyl (C=O) groups excluding carboxylic acids is 2. The third kappa shape index (κ3) is 3.53. The number of piperazine rings is 1. The third-order valence-corrected chi connectivity index (χ3v) is 7.38. The summed E-state index contributed by atoms with van der Waals surface area (Å²) in [6, 6.07) is 13.4. The molecule has 1 amide bonds. The third-order valence-electron chi connectivity index (χ3n) is 5.46. The van der Waals surface area contributed by atoms with Gasteiger partial charge in [-0.25, -0.2) is 8.42 Å². The van der Waals surface area contributed by atoms with Crippen LogP contribution in [0.5, 0.6) is 0 Å². The number of furan rings is 1.